The van der Waals surface area contributed by atoms with E-state index in [0.29, 0.717) is 31.1 Å². The Hall–Kier alpha value is -1.35. The van der Waals surface area contributed by atoms with Crippen molar-refractivity contribution in [2.75, 3.05) is 6.61 Å². The molecule has 0 aliphatic carbocycles. The first kappa shape index (κ1) is 14.1. The summed E-state index contributed by atoms with van der Waals surface area (Å²) in [5.41, 5.74) is 6.84. The molecule has 0 saturated heterocycles. The summed E-state index contributed by atoms with van der Waals surface area (Å²) < 4.78 is 5.62. The van der Waals surface area contributed by atoms with Crippen molar-refractivity contribution in [3.05, 3.63) is 29.8 Å². The third-order valence-corrected chi connectivity index (χ3v) is 3.60. The van der Waals surface area contributed by atoms with Gasteiger partial charge in [0.05, 0.1) is 6.61 Å². The average Bonchev–Trinajstić information content (AvgIpc) is 2.36. The standard InChI is InChI=1S/C16H23NO2/c1-16(2,17)9-7-13(18)11-12-8-10-19-15-6-4-3-5-14(12)15/h3-6,12H,7-11,17H2,1-2H3. The first-order chi connectivity index (χ1) is 8.96. The summed E-state index contributed by atoms with van der Waals surface area (Å²) in [6.45, 7) is 4.63. The first-order valence-corrected chi connectivity index (χ1v) is 6.98. The number of carbonyl (C=O) groups is 1. The minimum atomic E-state index is -0.261. The number of rotatable bonds is 5. The fraction of sp³-hybridized carbons (Fsp3) is 0.562. The van der Waals surface area contributed by atoms with Gasteiger partial charge in [0.15, 0.2) is 0 Å². The van der Waals surface area contributed by atoms with Crippen molar-refractivity contribution in [1.29, 1.82) is 0 Å². The van der Waals surface area contributed by atoms with Crippen LogP contribution in [-0.4, -0.2) is 17.9 Å². The largest absolute Gasteiger partial charge is 0.493 e. The summed E-state index contributed by atoms with van der Waals surface area (Å²) in [6.07, 6.45) is 2.85. The Morgan fingerprint density at radius 1 is 1.42 bits per heavy atom. The summed E-state index contributed by atoms with van der Waals surface area (Å²) in [5, 5.41) is 0. The predicted octanol–water partition coefficient (Wildman–Crippen LogP) is 3.03. The Morgan fingerprint density at radius 2 is 2.16 bits per heavy atom. The third kappa shape index (κ3) is 4.06. The Bertz CT molecular complexity index is 448. The van der Waals surface area contributed by atoms with Crippen LogP contribution in [0.5, 0.6) is 5.75 Å². The minimum absolute atomic E-state index is 0.261. The molecule has 0 amide bonds. The number of nitrogens with two attached hydrogens (primary N) is 1. The number of para-hydroxylation sites is 1. The number of benzene rings is 1. The second-order valence-electron chi connectivity index (χ2n) is 6.10. The molecule has 104 valence electrons. The maximum absolute atomic E-state index is 12.1. The average molecular weight is 261 g/mol. The van der Waals surface area contributed by atoms with E-state index in [1.165, 1.54) is 5.56 Å². The normalized spacial score (nSPS) is 18.6. The van der Waals surface area contributed by atoms with E-state index in [2.05, 4.69) is 6.07 Å². The van der Waals surface area contributed by atoms with E-state index in [9.17, 15) is 4.79 Å². The fourth-order valence-corrected chi connectivity index (χ4v) is 2.47. The molecule has 1 aliphatic rings. The minimum Gasteiger partial charge on any atom is -0.493 e. The van der Waals surface area contributed by atoms with E-state index < -0.39 is 0 Å². The molecule has 0 radical (unpaired) electrons. The number of fused-ring (bicyclic) bond motifs is 1. The Balaban J connectivity index is 1.95. The van der Waals surface area contributed by atoms with Crippen molar-refractivity contribution in [3.63, 3.8) is 0 Å². The molecule has 1 heterocycles. The predicted molar refractivity (Wildman–Crippen MR) is 76.4 cm³/mol. The third-order valence-electron chi connectivity index (χ3n) is 3.60. The van der Waals surface area contributed by atoms with Crippen LogP contribution in [0.15, 0.2) is 24.3 Å². The molecule has 0 fully saturated rings. The van der Waals surface area contributed by atoms with Crippen molar-refractivity contribution in [1.82, 2.24) is 0 Å². The molecule has 0 spiro atoms. The molecule has 19 heavy (non-hydrogen) atoms. The van der Waals surface area contributed by atoms with Crippen molar-refractivity contribution in [3.8, 4) is 5.75 Å². The maximum atomic E-state index is 12.1. The first-order valence-electron chi connectivity index (χ1n) is 6.98. The van der Waals surface area contributed by atoms with Gasteiger partial charge in [-0.05, 0) is 44.2 Å². The summed E-state index contributed by atoms with van der Waals surface area (Å²) in [5.74, 6) is 1.55. The molecule has 2 rings (SSSR count). The van der Waals surface area contributed by atoms with Gasteiger partial charge in [-0.2, -0.15) is 0 Å². The van der Waals surface area contributed by atoms with Crippen LogP contribution < -0.4 is 10.5 Å². The van der Waals surface area contributed by atoms with Crippen molar-refractivity contribution < 1.29 is 9.53 Å². The van der Waals surface area contributed by atoms with Gasteiger partial charge in [-0.25, -0.2) is 0 Å². The van der Waals surface area contributed by atoms with Crippen molar-refractivity contribution in [2.24, 2.45) is 5.73 Å². The van der Waals surface area contributed by atoms with Crippen molar-refractivity contribution >= 4 is 5.78 Å². The molecule has 2 N–H and O–H groups in total. The Kier molecular flexibility index (Phi) is 4.25. The SMILES string of the molecule is CC(C)(N)CCC(=O)CC1CCOc2ccccc21. The lowest BCUT2D eigenvalue weighted by atomic mass is 9.87. The van der Waals surface area contributed by atoms with E-state index in [1.807, 2.05) is 32.0 Å². The number of hydrogen-bond acceptors (Lipinski definition) is 3. The van der Waals surface area contributed by atoms with Crippen LogP contribution in [0.4, 0.5) is 0 Å². The molecule has 1 atom stereocenters. The van der Waals surface area contributed by atoms with Crippen LogP contribution in [0.1, 0.15) is 51.0 Å². The molecule has 3 nitrogen and oxygen atoms in total. The summed E-state index contributed by atoms with van der Waals surface area (Å²) in [4.78, 5) is 12.1. The van der Waals surface area contributed by atoms with Crippen LogP contribution in [0.2, 0.25) is 0 Å². The number of hydrogen-bond donors (Lipinski definition) is 1. The number of Topliss-reactive ketones (excluding diaryl/α,β-unsaturated/α-hetero) is 1. The van der Waals surface area contributed by atoms with Gasteiger partial charge < -0.3 is 10.5 Å². The highest BCUT2D eigenvalue weighted by Gasteiger charge is 2.24. The van der Waals surface area contributed by atoms with Gasteiger partial charge in [-0.3, -0.25) is 4.79 Å². The summed E-state index contributed by atoms with van der Waals surface area (Å²) in [6, 6.07) is 8.03. The lowest BCUT2D eigenvalue weighted by Crippen LogP contribution is -2.32. The van der Waals surface area contributed by atoms with Crippen LogP contribution >= 0.6 is 0 Å². The van der Waals surface area contributed by atoms with E-state index >= 15 is 0 Å². The number of ether oxygens (including phenoxy) is 1. The molecule has 0 bridgehead atoms. The second-order valence-corrected chi connectivity index (χ2v) is 6.10. The Labute approximate surface area is 115 Å². The van der Waals surface area contributed by atoms with E-state index in [-0.39, 0.29) is 5.54 Å². The smallest absolute Gasteiger partial charge is 0.133 e. The van der Waals surface area contributed by atoms with Gasteiger partial charge in [0.25, 0.3) is 0 Å². The van der Waals surface area contributed by atoms with Gasteiger partial charge in [0.1, 0.15) is 11.5 Å². The molecule has 1 unspecified atom stereocenters. The molecule has 0 aromatic heterocycles. The summed E-state index contributed by atoms with van der Waals surface area (Å²) in [7, 11) is 0. The lowest BCUT2D eigenvalue weighted by Gasteiger charge is -2.25. The topological polar surface area (TPSA) is 52.3 Å². The molecule has 1 aromatic carbocycles. The molecular weight excluding hydrogens is 238 g/mol. The van der Waals surface area contributed by atoms with Crippen molar-refractivity contribution in [2.45, 2.75) is 51.0 Å². The Morgan fingerprint density at radius 3 is 2.89 bits per heavy atom. The summed E-state index contributed by atoms with van der Waals surface area (Å²) >= 11 is 0. The second kappa shape index (κ2) is 5.74. The zero-order chi connectivity index (χ0) is 13.9. The van der Waals surface area contributed by atoms with Crippen LogP contribution in [0.3, 0.4) is 0 Å². The van der Waals surface area contributed by atoms with E-state index in [0.717, 1.165) is 18.6 Å². The van der Waals surface area contributed by atoms with Gasteiger partial charge >= 0.3 is 0 Å². The highest BCUT2D eigenvalue weighted by atomic mass is 16.5. The zero-order valence-corrected chi connectivity index (χ0v) is 11.8. The molecule has 1 aromatic rings. The highest BCUT2D eigenvalue weighted by Crippen LogP contribution is 2.35. The van der Waals surface area contributed by atoms with Crippen LogP contribution in [-0.2, 0) is 4.79 Å². The quantitative estimate of drug-likeness (QED) is 0.886. The maximum Gasteiger partial charge on any atom is 0.133 e. The zero-order valence-electron chi connectivity index (χ0n) is 11.8. The van der Waals surface area contributed by atoms with E-state index in [1.54, 1.807) is 0 Å². The molecule has 1 aliphatic heterocycles. The van der Waals surface area contributed by atoms with Gasteiger partial charge in [-0.15, -0.1) is 0 Å². The lowest BCUT2D eigenvalue weighted by molar-refractivity contribution is -0.119. The van der Waals surface area contributed by atoms with E-state index in [4.69, 9.17) is 10.5 Å². The number of ketones is 1. The fourth-order valence-electron chi connectivity index (χ4n) is 2.47. The molecule has 0 saturated carbocycles. The van der Waals surface area contributed by atoms with Gasteiger partial charge in [0.2, 0.25) is 0 Å². The van der Waals surface area contributed by atoms with Crippen LogP contribution in [0.25, 0.3) is 0 Å². The van der Waals surface area contributed by atoms with Gasteiger partial charge in [-0.1, -0.05) is 18.2 Å². The number of carbonyl (C=O) groups excluding carboxylic acids is 1. The molecule has 3 heteroatoms. The van der Waals surface area contributed by atoms with Crippen LogP contribution in [0, 0.1) is 0 Å². The van der Waals surface area contributed by atoms with Gasteiger partial charge in [0, 0.05) is 18.4 Å². The highest BCUT2D eigenvalue weighted by molar-refractivity contribution is 5.79. The molecular formula is C16H23NO2. The monoisotopic (exact) mass is 261 g/mol.